The summed E-state index contributed by atoms with van der Waals surface area (Å²) in [6.45, 7) is 5.61. The Hall–Kier alpha value is -1.12. The fraction of sp³-hybridized carbons (Fsp3) is 0.750. The van der Waals surface area contributed by atoms with Crippen molar-refractivity contribution < 1.29 is 0 Å². The van der Waals surface area contributed by atoms with Crippen LogP contribution in [0.25, 0.3) is 0 Å². The summed E-state index contributed by atoms with van der Waals surface area (Å²) in [4.78, 5) is 8.88. The molecule has 0 saturated heterocycles. The van der Waals surface area contributed by atoms with E-state index in [1.165, 1.54) is 49.8 Å². The number of aromatic nitrogens is 2. The third kappa shape index (κ3) is 3.92. The van der Waals surface area contributed by atoms with Crippen LogP contribution in [-0.2, 0) is 12.8 Å². The van der Waals surface area contributed by atoms with Crippen molar-refractivity contribution in [2.45, 2.75) is 65.2 Å². The van der Waals surface area contributed by atoms with Gasteiger partial charge in [0.05, 0.1) is 0 Å². The number of anilines is 1. The van der Waals surface area contributed by atoms with Gasteiger partial charge < -0.3 is 5.32 Å². The minimum absolute atomic E-state index is 0.772. The lowest BCUT2D eigenvalue weighted by molar-refractivity contribution is 0.472. The highest BCUT2D eigenvalue weighted by Crippen LogP contribution is 2.25. The van der Waals surface area contributed by atoms with Gasteiger partial charge in [-0.1, -0.05) is 33.1 Å². The number of rotatable bonds is 7. The number of aryl methyl sites for hydroxylation is 1. The van der Waals surface area contributed by atoms with Gasteiger partial charge in [0.1, 0.15) is 12.1 Å². The van der Waals surface area contributed by atoms with Crippen LogP contribution in [0.5, 0.6) is 0 Å². The number of nitrogens with one attached hydrogen (secondary N) is 1. The molecule has 0 aliphatic heterocycles. The topological polar surface area (TPSA) is 37.8 Å². The minimum atomic E-state index is 0.772. The molecule has 0 radical (unpaired) electrons. The molecule has 0 amide bonds. The van der Waals surface area contributed by atoms with Crippen molar-refractivity contribution in [3.8, 4) is 0 Å². The normalized spacial score (nSPS) is 15.9. The van der Waals surface area contributed by atoms with E-state index < -0.39 is 0 Å². The van der Waals surface area contributed by atoms with E-state index in [0.717, 1.165) is 31.1 Å². The Morgan fingerprint density at radius 2 is 2.05 bits per heavy atom. The highest BCUT2D eigenvalue weighted by Gasteiger charge is 2.16. The molecule has 1 aliphatic rings. The zero-order chi connectivity index (χ0) is 13.5. The Kier molecular flexibility index (Phi) is 5.62. The third-order valence-electron chi connectivity index (χ3n) is 4.23. The quantitative estimate of drug-likeness (QED) is 0.806. The molecule has 0 saturated carbocycles. The predicted octanol–water partition coefficient (Wildman–Crippen LogP) is 3.98. The summed E-state index contributed by atoms with van der Waals surface area (Å²) in [5.41, 5.74) is 2.64. The van der Waals surface area contributed by atoms with Crippen LogP contribution in [0, 0.1) is 5.92 Å². The van der Waals surface area contributed by atoms with Crippen molar-refractivity contribution in [2.75, 3.05) is 11.9 Å². The van der Waals surface area contributed by atoms with Crippen LogP contribution >= 0.6 is 0 Å². The van der Waals surface area contributed by atoms with E-state index >= 15 is 0 Å². The van der Waals surface area contributed by atoms with E-state index in [0.29, 0.717) is 0 Å². The highest BCUT2D eigenvalue weighted by molar-refractivity contribution is 5.46. The van der Waals surface area contributed by atoms with E-state index in [2.05, 4.69) is 29.1 Å². The van der Waals surface area contributed by atoms with Crippen LogP contribution in [0.3, 0.4) is 0 Å². The first-order valence-electron chi connectivity index (χ1n) is 7.91. The summed E-state index contributed by atoms with van der Waals surface area (Å²) in [5, 5.41) is 3.58. The van der Waals surface area contributed by atoms with Gasteiger partial charge in [-0.15, -0.1) is 0 Å². The Balaban J connectivity index is 1.95. The maximum absolute atomic E-state index is 4.46. The summed E-state index contributed by atoms with van der Waals surface area (Å²) in [6.07, 6.45) is 11.7. The van der Waals surface area contributed by atoms with E-state index in [1.54, 1.807) is 6.33 Å². The number of fused-ring (bicyclic) bond motifs is 1. The molecule has 1 aliphatic carbocycles. The lowest BCUT2D eigenvalue weighted by atomic mass is 9.96. The van der Waals surface area contributed by atoms with Crippen LogP contribution in [0.2, 0.25) is 0 Å². The van der Waals surface area contributed by atoms with Crippen LogP contribution in [0.15, 0.2) is 6.33 Å². The van der Waals surface area contributed by atoms with Crippen molar-refractivity contribution in [2.24, 2.45) is 5.92 Å². The predicted molar refractivity (Wildman–Crippen MR) is 80.5 cm³/mol. The van der Waals surface area contributed by atoms with Gasteiger partial charge in [0.2, 0.25) is 0 Å². The monoisotopic (exact) mass is 261 g/mol. The molecule has 19 heavy (non-hydrogen) atoms. The maximum atomic E-state index is 4.46. The first kappa shape index (κ1) is 14.3. The molecule has 1 atom stereocenters. The summed E-state index contributed by atoms with van der Waals surface area (Å²) in [6, 6.07) is 0. The SMILES string of the molecule is CCCCC(CC)CNc1ncnc2c1CCCC2. The van der Waals surface area contributed by atoms with Crippen molar-refractivity contribution in [1.82, 2.24) is 9.97 Å². The lowest BCUT2D eigenvalue weighted by Crippen LogP contribution is -2.17. The molecule has 106 valence electrons. The summed E-state index contributed by atoms with van der Waals surface area (Å²) in [5.74, 6) is 1.87. The molecule has 0 spiro atoms. The second kappa shape index (κ2) is 7.46. The molecule has 0 aromatic carbocycles. The minimum Gasteiger partial charge on any atom is -0.369 e. The number of hydrogen-bond donors (Lipinski definition) is 1. The van der Waals surface area contributed by atoms with Crippen LogP contribution in [0.1, 0.15) is 63.6 Å². The number of hydrogen-bond acceptors (Lipinski definition) is 3. The molecule has 0 bridgehead atoms. The molecular formula is C16H27N3. The second-order valence-electron chi connectivity index (χ2n) is 5.65. The fourth-order valence-electron chi connectivity index (χ4n) is 2.86. The molecule has 1 unspecified atom stereocenters. The first-order valence-corrected chi connectivity index (χ1v) is 7.91. The van der Waals surface area contributed by atoms with Crippen molar-refractivity contribution >= 4 is 5.82 Å². The smallest absolute Gasteiger partial charge is 0.132 e. The third-order valence-corrected chi connectivity index (χ3v) is 4.23. The van der Waals surface area contributed by atoms with Crippen molar-refractivity contribution in [3.63, 3.8) is 0 Å². The number of nitrogens with zero attached hydrogens (tertiary/aromatic N) is 2. The van der Waals surface area contributed by atoms with Gasteiger partial charge in [-0.25, -0.2) is 9.97 Å². The Morgan fingerprint density at radius 1 is 1.21 bits per heavy atom. The average Bonchev–Trinajstić information content (AvgIpc) is 2.47. The van der Waals surface area contributed by atoms with Crippen LogP contribution < -0.4 is 5.32 Å². The lowest BCUT2D eigenvalue weighted by Gasteiger charge is -2.20. The van der Waals surface area contributed by atoms with Gasteiger partial charge in [0, 0.05) is 17.8 Å². The molecular weight excluding hydrogens is 234 g/mol. The Morgan fingerprint density at radius 3 is 2.84 bits per heavy atom. The summed E-state index contributed by atoms with van der Waals surface area (Å²) in [7, 11) is 0. The first-order chi connectivity index (χ1) is 9.35. The number of unbranched alkanes of at least 4 members (excludes halogenated alkanes) is 1. The average molecular weight is 261 g/mol. The second-order valence-corrected chi connectivity index (χ2v) is 5.65. The van der Waals surface area contributed by atoms with Gasteiger partial charge >= 0.3 is 0 Å². The Bertz CT molecular complexity index is 390. The molecule has 1 aromatic rings. The van der Waals surface area contributed by atoms with Gasteiger partial charge in [-0.05, 0) is 38.0 Å². The largest absolute Gasteiger partial charge is 0.369 e. The maximum Gasteiger partial charge on any atom is 0.132 e. The van der Waals surface area contributed by atoms with Gasteiger partial charge in [-0.2, -0.15) is 0 Å². The van der Waals surface area contributed by atoms with E-state index in [1.807, 2.05) is 0 Å². The van der Waals surface area contributed by atoms with Gasteiger partial charge in [0.15, 0.2) is 0 Å². The Labute approximate surface area is 117 Å². The molecule has 2 rings (SSSR count). The highest BCUT2D eigenvalue weighted by atomic mass is 15.0. The fourth-order valence-corrected chi connectivity index (χ4v) is 2.86. The van der Waals surface area contributed by atoms with Crippen LogP contribution in [-0.4, -0.2) is 16.5 Å². The molecule has 1 N–H and O–H groups in total. The summed E-state index contributed by atoms with van der Waals surface area (Å²) >= 11 is 0. The van der Waals surface area contributed by atoms with Crippen molar-refractivity contribution in [1.29, 1.82) is 0 Å². The van der Waals surface area contributed by atoms with Crippen LogP contribution in [0.4, 0.5) is 5.82 Å². The zero-order valence-electron chi connectivity index (χ0n) is 12.4. The molecule has 1 aromatic heterocycles. The zero-order valence-corrected chi connectivity index (χ0v) is 12.4. The molecule has 1 heterocycles. The van der Waals surface area contributed by atoms with E-state index in [-0.39, 0.29) is 0 Å². The molecule has 0 fully saturated rings. The standard InChI is InChI=1S/C16H27N3/c1-3-5-8-13(4-2)11-17-16-14-9-6-7-10-15(14)18-12-19-16/h12-13H,3-11H2,1-2H3,(H,17,18,19). The van der Waals surface area contributed by atoms with E-state index in [4.69, 9.17) is 0 Å². The summed E-state index contributed by atoms with van der Waals surface area (Å²) < 4.78 is 0. The van der Waals surface area contributed by atoms with Crippen molar-refractivity contribution in [3.05, 3.63) is 17.6 Å². The molecule has 3 nitrogen and oxygen atoms in total. The van der Waals surface area contributed by atoms with Gasteiger partial charge in [0.25, 0.3) is 0 Å². The molecule has 3 heteroatoms. The van der Waals surface area contributed by atoms with E-state index in [9.17, 15) is 0 Å². The van der Waals surface area contributed by atoms with Gasteiger partial charge in [-0.3, -0.25) is 0 Å².